The molecule has 0 saturated heterocycles. The first-order chi connectivity index (χ1) is 8.85. The molecule has 0 aliphatic heterocycles. The molecule has 1 aliphatic rings. The van der Waals surface area contributed by atoms with Crippen molar-refractivity contribution in [3.8, 4) is 11.1 Å². The monoisotopic (exact) mass is 264 g/mol. The van der Waals surface area contributed by atoms with Crippen LogP contribution in [0.2, 0.25) is 0 Å². The lowest BCUT2D eigenvalue weighted by Crippen LogP contribution is -2.19. The van der Waals surface area contributed by atoms with Gasteiger partial charge in [-0.3, -0.25) is 0 Å². The normalized spacial score (nSPS) is 15.6. The van der Waals surface area contributed by atoms with Gasteiger partial charge in [0.2, 0.25) is 5.88 Å². The Labute approximate surface area is 110 Å². The second-order valence-electron chi connectivity index (χ2n) is 4.49. The van der Waals surface area contributed by atoms with Gasteiger partial charge in [0.25, 0.3) is 5.19 Å². The van der Waals surface area contributed by atoms with Crippen LogP contribution in [0.25, 0.3) is 10.3 Å². The number of pyridine rings is 1. The summed E-state index contributed by atoms with van der Waals surface area (Å²) >= 11 is 1.47. The number of thiazole rings is 1. The standard InChI is InChI=1S/C13H16N2O2S/c1-2-16-13-14-10-6-7-11(15-12(10)18-13)17-8-9-4-3-5-9/h6-7,9H,2-5,8H2,1H3. The largest absolute Gasteiger partial charge is 0.477 e. The summed E-state index contributed by atoms with van der Waals surface area (Å²) < 4.78 is 11.1. The molecule has 1 fully saturated rings. The van der Waals surface area contributed by atoms with Crippen LogP contribution in [0.1, 0.15) is 26.2 Å². The van der Waals surface area contributed by atoms with Gasteiger partial charge in [0.1, 0.15) is 5.52 Å². The Hall–Kier alpha value is -1.36. The SMILES string of the molecule is CCOc1nc2ccc(OCC3CCC3)nc2s1. The van der Waals surface area contributed by atoms with Crippen LogP contribution in [0.3, 0.4) is 0 Å². The maximum atomic E-state index is 5.71. The van der Waals surface area contributed by atoms with Gasteiger partial charge in [0.15, 0.2) is 4.83 Å². The smallest absolute Gasteiger partial charge is 0.275 e. The molecule has 0 radical (unpaired) electrons. The van der Waals surface area contributed by atoms with Crippen LogP contribution in [0, 0.1) is 5.92 Å². The first-order valence-electron chi connectivity index (χ1n) is 6.38. The van der Waals surface area contributed by atoms with Gasteiger partial charge < -0.3 is 9.47 Å². The van der Waals surface area contributed by atoms with Crippen molar-refractivity contribution in [1.82, 2.24) is 9.97 Å². The Morgan fingerprint density at radius 2 is 2.17 bits per heavy atom. The zero-order valence-corrected chi connectivity index (χ0v) is 11.2. The summed E-state index contributed by atoms with van der Waals surface area (Å²) in [6.07, 6.45) is 3.92. The van der Waals surface area contributed by atoms with E-state index < -0.39 is 0 Å². The second-order valence-corrected chi connectivity index (χ2v) is 5.43. The molecule has 0 aromatic carbocycles. The van der Waals surface area contributed by atoms with Crippen molar-refractivity contribution in [2.75, 3.05) is 13.2 Å². The first kappa shape index (κ1) is 11.7. The van der Waals surface area contributed by atoms with E-state index in [-0.39, 0.29) is 0 Å². The molecule has 3 rings (SSSR count). The summed E-state index contributed by atoms with van der Waals surface area (Å²) in [5, 5.41) is 0.677. The molecule has 0 atom stereocenters. The molecule has 0 spiro atoms. The molecule has 2 heterocycles. The number of hydrogen-bond donors (Lipinski definition) is 0. The molecule has 0 N–H and O–H groups in total. The fourth-order valence-electron chi connectivity index (χ4n) is 1.91. The second kappa shape index (κ2) is 5.10. The average molecular weight is 264 g/mol. The summed E-state index contributed by atoms with van der Waals surface area (Å²) in [7, 11) is 0. The number of rotatable bonds is 5. The van der Waals surface area contributed by atoms with Crippen LogP contribution in [-0.2, 0) is 0 Å². The lowest BCUT2D eigenvalue weighted by atomic mass is 9.86. The Kier molecular flexibility index (Phi) is 3.32. The third-order valence-corrected chi connectivity index (χ3v) is 4.05. The van der Waals surface area contributed by atoms with Crippen LogP contribution < -0.4 is 9.47 Å². The summed E-state index contributed by atoms with van der Waals surface area (Å²) in [5.41, 5.74) is 0.874. The molecular weight excluding hydrogens is 248 g/mol. The van der Waals surface area contributed by atoms with Crippen molar-refractivity contribution in [2.45, 2.75) is 26.2 Å². The molecule has 96 valence electrons. The highest BCUT2D eigenvalue weighted by Crippen LogP contribution is 2.29. The van der Waals surface area contributed by atoms with E-state index >= 15 is 0 Å². The number of fused-ring (bicyclic) bond motifs is 1. The Bertz CT molecular complexity index is 537. The summed E-state index contributed by atoms with van der Waals surface area (Å²) in [5.74, 6) is 1.42. The van der Waals surface area contributed by atoms with Gasteiger partial charge in [-0.2, -0.15) is 0 Å². The predicted octanol–water partition coefficient (Wildman–Crippen LogP) is 3.27. The van der Waals surface area contributed by atoms with Crippen LogP contribution >= 0.6 is 11.3 Å². The summed E-state index contributed by atoms with van der Waals surface area (Å²) in [6.45, 7) is 3.37. The minimum absolute atomic E-state index is 0.630. The number of aromatic nitrogens is 2. The molecule has 2 aromatic heterocycles. The van der Waals surface area contributed by atoms with Gasteiger partial charge in [-0.25, -0.2) is 9.97 Å². The maximum absolute atomic E-state index is 5.71. The highest BCUT2D eigenvalue weighted by molar-refractivity contribution is 7.19. The van der Waals surface area contributed by atoms with E-state index in [4.69, 9.17) is 9.47 Å². The zero-order valence-electron chi connectivity index (χ0n) is 10.4. The maximum Gasteiger partial charge on any atom is 0.275 e. The molecule has 2 aromatic rings. The predicted molar refractivity (Wildman–Crippen MR) is 71.4 cm³/mol. The van der Waals surface area contributed by atoms with E-state index in [2.05, 4.69) is 9.97 Å². The third kappa shape index (κ3) is 2.41. The van der Waals surface area contributed by atoms with Crippen molar-refractivity contribution >= 4 is 21.7 Å². The van der Waals surface area contributed by atoms with E-state index in [9.17, 15) is 0 Å². The minimum atomic E-state index is 0.630. The average Bonchev–Trinajstić information content (AvgIpc) is 2.69. The fourth-order valence-corrected chi connectivity index (χ4v) is 2.75. The van der Waals surface area contributed by atoms with Crippen LogP contribution in [-0.4, -0.2) is 23.2 Å². The van der Waals surface area contributed by atoms with Crippen LogP contribution in [0.4, 0.5) is 0 Å². The van der Waals surface area contributed by atoms with Crippen molar-refractivity contribution in [1.29, 1.82) is 0 Å². The highest BCUT2D eigenvalue weighted by Gasteiger charge is 2.18. The van der Waals surface area contributed by atoms with Crippen molar-refractivity contribution in [3.63, 3.8) is 0 Å². The Morgan fingerprint density at radius 1 is 1.28 bits per heavy atom. The van der Waals surface area contributed by atoms with E-state index in [1.54, 1.807) is 0 Å². The molecule has 1 saturated carbocycles. The molecule has 1 aliphatic carbocycles. The Morgan fingerprint density at radius 3 is 2.89 bits per heavy atom. The van der Waals surface area contributed by atoms with Crippen LogP contribution in [0.5, 0.6) is 11.1 Å². The molecule has 0 unspecified atom stereocenters. The van der Waals surface area contributed by atoms with Crippen molar-refractivity contribution < 1.29 is 9.47 Å². The number of hydrogen-bond acceptors (Lipinski definition) is 5. The van der Waals surface area contributed by atoms with E-state index in [0.717, 1.165) is 22.9 Å². The van der Waals surface area contributed by atoms with E-state index in [0.29, 0.717) is 17.7 Å². The van der Waals surface area contributed by atoms with Gasteiger partial charge in [0, 0.05) is 6.07 Å². The lowest BCUT2D eigenvalue weighted by Gasteiger charge is -2.24. The molecule has 0 amide bonds. The fraction of sp³-hybridized carbons (Fsp3) is 0.538. The van der Waals surface area contributed by atoms with E-state index in [1.165, 1.54) is 30.6 Å². The van der Waals surface area contributed by atoms with Gasteiger partial charge in [-0.15, -0.1) is 0 Å². The minimum Gasteiger partial charge on any atom is -0.477 e. The first-order valence-corrected chi connectivity index (χ1v) is 7.20. The molecule has 18 heavy (non-hydrogen) atoms. The quantitative estimate of drug-likeness (QED) is 0.831. The summed E-state index contributed by atoms with van der Waals surface area (Å²) in [6, 6.07) is 3.83. The molecule has 4 nitrogen and oxygen atoms in total. The van der Waals surface area contributed by atoms with E-state index in [1.807, 2.05) is 19.1 Å². The van der Waals surface area contributed by atoms with Gasteiger partial charge in [0.05, 0.1) is 13.2 Å². The number of nitrogens with zero attached hydrogens (tertiary/aromatic N) is 2. The molecule has 0 bridgehead atoms. The van der Waals surface area contributed by atoms with Crippen molar-refractivity contribution in [2.24, 2.45) is 5.92 Å². The van der Waals surface area contributed by atoms with Crippen LogP contribution in [0.15, 0.2) is 12.1 Å². The van der Waals surface area contributed by atoms with Crippen molar-refractivity contribution in [3.05, 3.63) is 12.1 Å². The van der Waals surface area contributed by atoms with Gasteiger partial charge >= 0.3 is 0 Å². The lowest BCUT2D eigenvalue weighted by molar-refractivity contribution is 0.176. The third-order valence-electron chi connectivity index (χ3n) is 3.17. The Balaban J connectivity index is 1.72. The van der Waals surface area contributed by atoms with Gasteiger partial charge in [-0.05, 0) is 31.7 Å². The number of ether oxygens (including phenoxy) is 2. The topological polar surface area (TPSA) is 44.2 Å². The highest BCUT2D eigenvalue weighted by atomic mass is 32.1. The molecular formula is C13H16N2O2S. The molecule has 5 heteroatoms. The zero-order chi connectivity index (χ0) is 12.4. The van der Waals surface area contributed by atoms with Gasteiger partial charge in [-0.1, -0.05) is 17.8 Å². The summed E-state index contributed by atoms with van der Waals surface area (Å²) in [4.78, 5) is 9.69.